The summed E-state index contributed by atoms with van der Waals surface area (Å²) in [7, 11) is 2.40. The highest BCUT2D eigenvalue weighted by Crippen LogP contribution is 2.27. The molecule has 0 spiro atoms. The second-order valence-corrected chi connectivity index (χ2v) is 6.01. The van der Waals surface area contributed by atoms with Gasteiger partial charge in [-0.2, -0.15) is 0 Å². The van der Waals surface area contributed by atoms with Crippen molar-refractivity contribution in [3.05, 3.63) is 54.7 Å². The maximum Gasteiger partial charge on any atom is 0.118 e. The van der Waals surface area contributed by atoms with Gasteiger partial charge < -0.3 is 9.30 Å². The lowest BCUT2D eigenvalue weighted by molar-refractivity contribution is 0.414. The van der Waals surface area contributed by atoms with Gasteiger partial charge in [-0.25, -0.2) is 4.21 Å². The molecule has 0 saturated carbocycles. The number of hydrogen-bond acceptors (Lipinski definition) is 2. The van der Waals surface area contributed by atoms with E-state index in [9.17, 15) is 4.21 Å². The summed E-state index contributed by atoms with van der Waals surface area (Å²) in [5, 5.41) is 1.03. The van der Waals surface area contributed by atoms with E-state index in [-0.39, 0.29) is 0 Å². The van der Waals surface area contributed by atoms with Crippen LogP contribution in [0.5, 0.6) is 5.75 Å². The van der Waals surface area contributed by atoms with E-state index >= 15 is 0 Å². The van der Waals surface area contributed by atoms with Crippen molar-refractivity contribution in [3.63, 3.8) is 0 Å². The van der Waals surface area contributed by atoms with Crippen molar-refractivity contribution < 1.29 is 8.95 Å². The molecule has 0 amide bonds. The lowest BCUT2D eigenvalue weighted by Crippen LogP contribution is -1.92. The summed E-state index contributed by atoms with van der Waals surface area (Å²) >= 11 is 0. The molecular formula is C16H15NO2S. The summed E-state index contributed by atoms with van der Waals surface area (Å²) < 4.78 is 19.9. The van der Waals surface area contributed by atoms with Crippen LogP contribution in [0.25, 0.3) is 10.9 Å². The van der Waals surface area contributed by atoms with Gasteiger partial charge in [-0.05, 0) is 30.3 Å². The smallest absolute Gasteiger partial charge is 0.118 e. The number of aryl methyl sites for hydroxylation is 1. The fourth-order valence-electron chi connectivity index (χ4n) is 2.28. The van der Waals surface area contributed by atoms with Gasteiger partial charge in [0.25, 0.3) is 0 Å². The summed E-state index contributed by atoms with van der Waals surface area (Å²) in [6, 6.07) is 15.3. The van der Waals surface area contributed by atoms with E-state index in [4.69, 9.17) is 4.74 Å². The Morgan fingerprint density at radius 1 is 1.05 bits per heavy atom. The van der Waals surface area contributed by atoms with Crippen LogP contribution in [0, 0.1) is 0 Å². The van der Waals surface area contributed by atoms with Gasteiger partial charge in [0.15, 0.2) is 0 Å². The second-order valence-electron chi connectivity index (χ2n) is 4.57. The fourth-order valence-corrected chi connectivity index (χ4v) is 3.54. The van der Waals surface area contributed by atoms with Crippen LogP contribution in [0.2, 0.25) is 0 Å². The molecule has 0 radical (unpaired) electrons. The monoisotopic (exact) mass is 285 g/mol. The van der Waals surface area contributed by atoms with E-state index in [1.807, 2.05) is 66.3 Å². The van der Waals surface area contributed by atoms with E-state index in [1.165, 1.54) is 0 Å². The SMILES string of the molecule is COc1ccc(S(=O)c2cn(C)c3ccccc23)cc1. The standard InChI is InChI=1S/C16H15NO2S/c1-17-11-16(14-5-3-4-6-15(14)17)20(18)13-9-7-12(19-2)8-10-13/h3-11H,1-2H3. The lowest BCUT2D eigenvalue weighted by Gasteiger charge is -2.03. The van der Waals surface area contributed by atoms with Gasteiger partial charge in [-0.15, -0.1) is 0 Å². The Labute approximate surface area is 120 Å². The molecule has 0 saturated heterocycles. The van der Waals surface area contributed by atoms with E-state index < -0.39 is 10.8 Å². The van der Waals surface area contributed by atoms with Crippen LogP contribution in [0.3, 0.4) is 0 Å². The predicted molar refractivity (Wildman–Crippen MR) is 80.6 cm³/mol. The summed E-state index contributed by atoms with van der Waals surface area (Å²) in [6.45, 7) is 0. The first-order chi connectivity index (χ1) is 9.70. The highest BCUT2D eigenvalue weighted by molar-refractivity contribution is 7.85. The Hall–Kier alpha value is -2.07. The number of fused-ring (bicyclic) bond motifs is 1. The van der Waals surface area contributed by atoms with Gasteiger partial charge in [0.1, 0.15) is 5.75 Å². The Morgan fingerprint density at radius 3 is 2.45 bits per heavy atom. The largest absolute Gasteiger partial charge is 0.497 e. The van der Waals surface area contributed by atoms with E-state index in [1.54, 1.807) is 7.11 Å². The first-order valence-corrected chi connectivity index (χ1v) is 7.45. The zero-order valence-corrected chi connectivity index (χ0v) is 12.2. The number of hydrogen-bond donors (Lipinski definition) is 0. The quantitative estimate of drug-likeness (QED) is 0.739. The number of ether oxygens (including phenoxy) is 1. The molecule has 1 heterocycles. The van der Waals surface area contributed by atoms with Crippen LogP contribution in [-0.4, -0.2) is 15.9 Å². The Bertz CT molecular complexity index is 775. The molecule has 102 valence electrons. The fraction of sp³-hybridized carbons (Fsp3) is 0.125. The van der Waals surface area contributed by atoms with Gasteiger partial charge in [-0.1, -0.05) is 18.2 Å². The molecule has 0 fully saturated rings. The van der Waals surface area contributed by atoms with E-state index in [0.29, 0.717) is 0 Å². The first-order valence-electron chi connectivity index (χ1n) is 6.30. The van der Waals surface area contributed by atoms with Crippen molar-refractivity contribution in [2.24, 2.45) is 7.05 Å². The van der Waals surface area contributed by atoms with E-state index in [2.05, 4.69) is 0 Å². The molecule has 1 unspecified atom stereocenters. The van der Waals surface area contributed by atoms with Crippen molar-refractivity contribution in [2.75, 3.05) is 7.11 Å². The average molecular weight is 285 g/mol. The maximum absolute atomic E-state index is 12.7. The summed E-state index contributed by atoms with van der Waals surface area (Å²) in [4.78, 5) is 1.62. The number of benzene rings is 2. The normalized spacial score (nSPS) is 12.5. The Balaban J connectivity index is 2.08. The van der Waals surface area contributed by atoms with Crippen molar-refractivity contribution in [1.29, 1.82) is 0 Å². The molecule has 4 heteroatoms. The second kappa shape index (κ2) is 5.13. The third kappa shape index (κ3) is 2.12. The van der Waals surface area contributed by atoms with Crippen LogP contribution in [0.1, 0.15) is 0 Å². The van der Waals surface area contributed by atoms with Crippen molar-refractivity contribution in [3.8, 4) is 5.75 Å². The molecule has 1 aromatic heterocycles. The maximum atomic E-state index is 12.7. The zero-order valence-electron chi connectivity index (χ0n) is 11.4. The molecule has 0 N–H and O–H groups in total. The van der Waals surface area contributed by atoms with Gasteiger partial charge in [0.2, 0.25) is 0 Å². The highest BCUT2D eigenvalue weighted by Gasteiger charge is 2.14. The van der Waals surface area contributed by atoms with Gasteiger partial charge in [-0.3, -0.25) is 0 Å². The third-order valence-corrected chi connectivity index (χ3v) is 4.76. The Kier molecular flexibility index (Phi) is 3.32. The van der Waals surface area contributed by atoms with Crippen LogP contribution < -0.4 is 4.74 Å². The van der Waals surface area contributed by atoms with Crippen molar-refractivity contribution >= 4 is 21.7 Å². The molecule has 3 aromatic rings. The van der Waals surface area contributed by atoms with Crippen molar-refractivity contribution in [2.45, 2.75) is 9.79 Å². The molecule has 0 aliphatic heterocycles. The molecule has 3 nitrogen and oxygen atoms in total. The van der Waals surface area contributed by atoms with Gasteiger partial charge in [0, 0.05) is 29.0 Å². The molecule has 2 aromatic carbocycles. The van der Waals surface area contributed by atoms with Crippen LogP contribution in [0.4, 0.5) is 0 Å². The van der Waals surface area contributed by atoms with Gasteiger partial charge in [0.05, 0.1) is 22.8 Å². The molecule has 0 bridgehead atoms. The topological polar surface area (TPSA) is 31.2 Å². The molecular weight excluding hydrogens is 270 g/mol. The molecule has 0 aliphatic carbocycles. The summed E-state index contributed by atoms with van der Waals surface area (Å²) in [5.41, 5.74) is 1.09. The Morgan fingerprint density at radius 2 is 1.75 bits per heavy atom. The first kappa shape index (κ1) is 12.9. The number of para-hydroxylation sites is 1. The summed E-state index contributed by atoms with van der Waals surface area (Å²) in [6.07, 6.45) is 1.94. The van der Waals surface area contributed by atoms with Crippen LogP contribution in [0.15, 0.2) is 64.5 Å². The molecule has 20 heavy (non-hydrogen) atoms. The minimum atomic E-state index is -1.19. The number of rotatable bonds is 3. The number of aromatic nitrogens is 1. The van der Waals surface area contributed by atoms with Crippen LogP contribution >= 0.6 is 0 Å². The molecule has 0 aliphatic rings. The number of nitrogens with zero attached hydrogens (tertiary/aromatic N) is 1. The van der Waals surface area contributed by atoms with Gasteiger partial charge >= 0.3 is 0 Å². The summed E-state index contributed by atoms with van der Waals surface area (Å²) in [5.74, 6) is 0.767. The zero-order chi connectivity index (χ0) is 14.1. The minimum Gasteiger partial charge on any atom is -0.497 e. The lowest BCUT2D eigenvalue weighted by atomic mass is 10.2. The average Bonchev–Trinajstić information content (AvgIpc) is 2.84. The molecule has 3 rings (SSSR count). The van der Waals surface area contributed by atoms with Crippen molar-refractivity contribution in [1.82, 2.24) is 4.57 Å². The highest BCUT2D eigenvalue weighted by atomic mass is 32.2. The molecule has 1 atom stereocenters. The third-order valence-electron chi connectivity index (χ3n) is 3.33. The van der Waals surface area contributed by atoms with E-state index in [0.717, 1.165) is 26.4 Å². The number of methoxy groups -OCH3 is 1. The minimum absolute atomic E-state index is 0.767. The predicted octanol–water partition coefficient (Wildman–Crippen LogP) is 3.35. The van der Waals surface area contributed by atoms with Crippen LogP contribution in [-0.2, 0) is 17.8 Å².